The van der Waals surface area contributed by atoms with Crippen molar-refractivity contribution < 1.29 is 9.53 Å². The van der Waals surface area contributed by atoms with Crippen LogP contribution in [0.25, 0.3) is 0 Å². The number of carbonyl (C=O) groups is 1. The van der Waals surface area contributed by atoms with Crippen LogP contribution in [0.3, 0.4) is 0 Å². The van der Waals surface area contributed by atoms with Crippen molar-refractivity contribution in [3.05, 3.63) is 0 Å². The number of carbonyl (C=O) groups excluding carboxylic acids is 1. The number of ether oxygens (including phenoxy) is 1. The maximum absolute atomic E-state index is 12.9. The summed E-state index contributed by atoms with van der Waals surface area (Å²) in [4.78, 5) is 12.9. The van der Waals surface area contributed by atoms with Crippen molar-refractivity contribution in [2.75, 3.05) is 32.8 Å². The van der Waals surface area contributed by atoms with E-state index < -0.39 is 0 Å². The molecule has 1 aliphatic heterocycles. The van der Waals surface area contributed by atoms with Gasteiger partial charge >= 0.3 is 0 Å². The molecule has 0 unspecified atom stereocenters. The molecule has 2 saturated carbocycles. The molecule has 4 heteroatoms. The number of amides is 1. The fourth-order valence-corrected chi connectivity index (χ4v) is 4.76. The van der Waals surface area contributed by atoms with Gasteiger partial charge in [-0.2, -0.15) is 0 Å². The fourth-order valence-electron chi connectivity index (χ4n) is 4.76. The number of fused-ring (bicyclic) bond motifs is 1. The third kappa shape index (κ3) is 3.05. The molecule has 1 amide bonds. The van der Waals surface area contributed by atoms with Gasteiger partial charge < -0.3 is 15.4 Å². The number of nitrogens with one attached hydrogen (secondary N) is 2. The van der Waals surface area contributed by atoms with Gasteiger partial charge in [0.15, 0.2) is 0 Å². The van der Waals surface area contributed by atoms with Crippen LogP contribution in [0.5, 0.6) is 0 Å². The van der Waals surface area contributed by atoms with E-state index in [-0.39, 0.29) is 5.41 Å². The molecule has 2 aliphatic carbocycles. The van der Waals surface area contributed by atoms with E-state index in [9.17, 15) is 4.79 Å². The van der Waals surface area contributed by atoms with Gasteiger partial charge in [-0.15, -0.1) is 0 Å². The standard InChI is InChI=1S/C18H32N2O2/c1-2-22-11-10-17(7-5-8-17)13-20-16(21)18-9-4-3-6-15(18)12-19-14-18/h15,19H,2-14H2,1H3,(H,20,21)/t15-,18+/m0/s1. The summed E-state index contributed by atoms with van der Waals surface area (Å²) in [5.74, 6) is 0.881. The first-order chi connectivity index (χ1) is 10.7. The van der Waals surface area contributed by atoms with Crippen molar-refractivity contribution in [2.45, 2.75) is 58.3 Å². The summed E-state index contributed by atoms with van der Waals surface area (Å²) in [7, 11) is 0. The maximum atomic E-state index is 12.9. The van der Waals surface area contributed by atoms with Crippen LogP contribution in [-0.2, 0) is 9.53 Å². The first-order valence-electron chi connectivity index (χ1n) is 9.28. The van der Waals surface area contributed by atoms with Gasteiger partial charge in [0.05, 0.1) is 5.41 Å². The molecule has 3 aliphatic rings. The Labute approximate surface area is 134 Å². The summed E-state index contributed by atoms with van der Waals surface area (Å²) in [6.07, 6.45) is 9.68. The van der Waals surface area contributed by atoms with Crippen molar-refractivity contribution in [3.8, 4) is 0 Å². The van der Waals surface area contributed by atoms with Gasteiger partial charge in [-0.3, -0.25) is 4.79 Å². The zero-order valence-corrected chi connectivity index (χ0v) is 14.1. The second kappa shape index (κ2) is 6.88. The topological polar surface area (TPSA) is 50.4 Å². The lowest BCUT2D eigenvalue weighted by Gasteiger charge is -2.44. The third-order valence-electron chi connectivity index (χ3n) is 6.51. The smallest absolute Gasteiger partial charge is 0.227 e. The van der Waals surface area contributed by atoms with Crippen LogP contribution >= 0.6 is 0 Å². The molecule has 4 nitrogen and oxygen atoms in total. The lowest BCUT2D eigenvalue weighted by Crippen LogP contribution is -2.51. The lowest BCUT2D eigenvalue weighted by atomic mass is 9.65. The summed E-state index contributed by atoms with van der Waals surface area (Å²) < 4.78 is 5.53. The molecule has 2 N–H and O–H groups in total. The SMILES string of the molecule is CCOCCC1(CNC(=O)[C@@]23CCCC[C@H]2CNC3)CCC1. The van der Waals surface area contributed by atoms with Crippen molar-refractivity contribution in [3.63, 3.8) is 0 Å². The van der Waals surface area contributed by atoms with E-state index in [2.05, 4.69) is 10.6 Å². The van der Waals surface area contributed by atoms with Gasteiger partial charge in [0.1, 0.15) is 0 Å². The molecular formula is C18H32N2O2. The minimum absolute atomic E-state index is 0.108. The molecule has 3 fully saturated rings. The highest BCUT2D eigenvalue weighted by atomic mass is 16.5. The van der Waals surface area contributed by atoms with E-state index in [1.807, 2.05) is 6.92 Å². The molecule has 1 heterocycles. The van der Waals surface area contributed by atoms with Crippen LogP contribution in [0.2, 0.25) is 0 Å². The van der Waals surface area contributed by atoms with Crippen LogP contribution in [0, 0.1) is 16.7 Å². The van der Waals surface area contributed by atoms with Crippen molar-refractivity contribution in [1.29, 1.82) is 0 Å². The molecule has 0 aromatic heterocycles. The maximum Gasteiger partial charge on any atom is 0.227 e. The average Bonchev–Trinajstić information content (AvgIpc) is 2.94. The van der Waals surface area contributed by atoms with E-state index in [0.717, 1.165) is 45.7 Å². The van der Waals surface area contributed by atoms with Crippen LogP contribution in [0.1, 0.15) is 58.3 Å². The highest BCUT2D eigenvalue weighted by molar-refractivity contribution is 5.84. The van der Waals surface area contributed by atoms with Crippen LogP contribution in [0.15, 0.2) is 0 Å². The van der Waals surface area contributed by atoms with Gasteiger partial charge in [0, 0.05) is 26.3 Å². The van der Waals surface area contributed by atoms with Gasteiger partial charge in [-0.05, 0) is 56.9 Å². The quantitative estimate of drug-likeness (QED) is 0.710. The number of rotatable bonds is 7. The normalized spacial score (nSPS) is 33.0. The van der Waals surface area contributed by atoms with Crippen molar-refractivity contribution in [1.82, 2.24) is 10.6 Å². The largest absolute Gasteiger partial charge is 0.382 e. The highest BCUT2D eigenvalue weighted by Crippen LogP contribution is 2.46. The zero-order chi connectivity index (χ0) is 15.5. The molecular weight excluding hydrogens is 276 g/mol. The summed E-state index contributed by atoms with van der Waals surface area (Å²) in [5.41, 5.74) is 0.209. The summed E-state index contributed by atoms with van der Waals surface area (Å²) >= 11 is 0. The van der Waals surface area contributed by atoms with Gasteiger partial charge in [0.25, 0.3) is 0 Å². The Bertz CT molecular complexity index is 395. The summed E-state index contributed by atoms with van der Waals surface area (Å²) in [5, 5.41) is 6.82. The Balaban J connectivity index is 1.54. The van der Waals surface area contributed by atoms with E-state index in [4.69, 9.17) is 4.74 Å². The van der Waals surface area contributed by atoms with Gasteiger partial charge in [-0.1, -0.05) is 19.3 Å². The van der Waals surface area contributed by atoms with E-state index in [1.165, 1.54) is 38.5 Å². The lowest BCUT2D eigenvalue weighted by molar-refractivity contribution is -0.135. The third-order valence-corrected chi connectivity index (χ3v) is 6.51. The Morgan fingerprint density at radius 2 is 2.14 bits per heavy atom. The van der Waals surface area contributed by atoms with Crippen LogP contribution in [0.4, 0.5) is 0 Å². The minimum atomic E-state index is -0.108. The summed E-state index contributed by atoms with van der Waals surface area (Å²) in [6, 6.07) is 0. The molecule has 126 valence electrons. The Hall–Kier alpha value is -0.610. The molecule has 1 saturated heterocycles. The van der Waals surface area contributed by atoms with Crippen LogP contribution in [-0.4, -0.2) is 38.8 Å². The van der Waals surface area contributed by atoms with Gasteiger partial charge in [-0.25, -0.2) is 0 Å². The molecule has 0 spiro atoms. The molecule has 0 aromatic carbocycles. The van der Waals surface area contributed by atoms with E-state index >= 15 is 0 Å². The Morgan fingerprint density at radius 3 is 2.86 bits per heavy atom. The number of hydrogen-bond acceptors (Lipinski definition) is 3. The van der Waals surface area contributed by atoms with E-state index in [1.54, 1.807) is 0 Å². The molecule has 0 bridgehead atoms. The summed E-state index contributed by atoms with van der Waals surface area (Å²) in [6.45, 7) is 6.44. The number of hydrogen-bond donors (Lipinski definition) is 2. The molecule has 3 rings (SSSR count). The average molecular weight is 308 g/mol. The predicted molar refractivity (Wildman–Crippen MR) is 87.7 cm³/mol. The van der Waals surface area contributed by atoms with Gasteiger partial charge in [0.2, 0.25) is 5.91 Å². The first kappa shape index (κ1) is 16.3. The van der Waals surface area contributed by atoms with Crippen LogP contribution < -0.4 is 10.6 Å². The Kier molecular flexibility index (Phi) is 5.08. The fraction of sp³-hybridized carbons (Fsp3) is 0.944. The molecule has 22 heavy (non-hydrogen) atoms. The second-order valence-corrected chi connectivity index (χ2v) is 7.71. The zero-order valence-electron chi connectivity index (χ0n) is 14.1. The molecule has 0 aromatic rings. The second-order valence-electron chi connectivity index (χ2n) is 7.71. The monoisotopic (exact) mass is 308 g/mol. The van der Waals surface area contributed by atoms with Crippen molar-refractivity contribution >= 4 is 5.91 Å². The first-order valence-corrected chi connectivity index (χ1v) is 9.28. The van der Waals surface area contributed by atoms with Crippen molar-refractivity contribution in [2.24, 2.45) is 16.7 Å². The molecule has 2 atom stereocenters. The van der Waals surface area contributed by atoms with E-state index in [0.29, 0.717) is 17.2 Å². The predicted octanol–water partition coefficient (Wildman–Crippen LogP) is 2.48. The minimum Gasteiger partial charge on any atom is -0.382 e. The Morgan fingerprint density at radius 1 is 1.27 bits per heavy atom. The highest BCUT2D eigenvalue weighted by Gasteiger charge is 2.50. The molecule has 0 radical (unpaired) electrons.